The summed E-state index contributed by atoms with van der Waals surface area (Å²) in [5.74, 6) is 1.18. The van der Waals surface area contributed by atoms with Gasteiger partial charge in [-0.15, -0.1) is 0 Å². The van der Waals surface area contributed by atoms with E-state index in [4.69, 9.17) is 10.7 Å². The highest BCUT2D eigenvalue weighted by Gasteiger charge is 2.34. The molecule has 5 heterocycles. The van der Waals surface area contributed by atoms with Gasteiger partial charge < -0.3 is 25.8 Å². The molecule has 0 unspecified atom stereocenters. The fourth-order valence-electron chi connectivity index (χ4n) is 5.88. The second-order valence-corrected chi connectivity index (χ2v) is 10.7. The Kier molecular flexibility index (Phi) is 5.60. The Labute approximate surface area is 231 Å². The lowest BCUT2D eigenvalue weighted by Crippen LogP contribution is -2.27. The molecule has 1 amide bonds. The topological polar surface area (TPSA) is 121 Å². The van der Waals surface area contributed by atoms with E-state index in [-0.39, 0.29) is 11.9 Å². The lowest BCUT2D eigenvalue weighted by Gasteiger charge is -2.21. The van der Waals surface area contributed by atoms with Gasteiger partial charge in [-0.05, 0) is 44.0 Å². The second-order valence-electron chi connectivity index (χ2n) is 10.7. The lowest BCUT2D eigenvalue weighted by atomic mass is 10.1. The number of aryl methyl sites for hydroxylation is 3. The predicted molar refractivity (Wildman–Crippen MR) is 157 cm³/mol. The normalized spacial score (nSPS) is 16.8. The van der Waals surface area contributed by atoms with E-state index in [1.165, 1.54) is 0 Å². The summed E-state index contributed by atoms with van der Waals surface area (Å²) in [6.07, 6.45) is 4.74. The van der Waals surface area contributed by atoms with Crippen LogP contribution in [0, 0.1) is 13.8 Å². The quantitative estimate of drug-likeness (QED) is 0.306. The molecule has 2 aliphatic rings. The number of carbonyl (C=O) groups is 1. The number of aromatic amines is 1. The van der Waals surface area contributed by atoms with Crippen molar-refractivity contribution in [3.63, 3.8) is 0 Å². The van der Waals surface area contributed by atoms with Crippen molar-refractivity contribution in [2.45, 2.75) is 32.9 Å². The Balaban J connectivity index is 1.24. The monoisotopic (exact) mass is 533 g/mol. The van der Waals surface area contributed by atoms with Crippen LogP contribution >= 0.6 is 0 Å². The van der Waals surface area contributed by atoms with E-state index in [1.54, 1.807) is 4.68 Å². The fraction of sp³-hybridized carbons (Fsp3) is 0.267. The van der Waals surface area contributed by atoms with Gasteiger partial charge in [0.1, 0.15) is 0 Å². The highest BCUT2D eigenvalue weighted by molar-refractivity contribution is 6.15. The zero-order valence-corrected chi connectivity index (χ0v) is 22.8. The molecule has 0 radical (unpaired) electrons. The minimum absolute atomic E-state index is 0.0133. The first-order valence-corrected chi connectivity index (χ1v) is 13.5. The number of fused-ring (bicyclic) bond motifs is 2. The number of nitrogens with one attached hydrogen (secondary N) is 2. The van der Waals surface area contributed by atoms with Gasteiger partial charge in [-0.25, -0.2) is 9.97 Å². The van der Waals surface area contributed by atoms with Crippen LogP contribution < -0.4 is 20.9 Å². The van der Waals surface area contributed by atoms with Crippen LogP contribution in [0.1, 0.15) is 33.6 Å². The number of para-hydroxylation sites is 1. The molecule has 4 N–H and O–H groups in total. The van der Waals surface area contributed by atoms with E-state index >= 15 is 0 Å². The third-order valence-corrected chi connectivity index (χ3v) is 8.07. The van der Waals surface area contributed by atoms with Gasteiger partial charge in [-0.3, -0.25) is 9.48 Å². The predicted octanol–water partition coefficient (Wildman–Crippen LogP) is 4.42. The number of benzene rings is 2. The van der Waals surface area contributed by atoms with Crippen molar-refractivity contribution in [2.24, 2.45) is 12.8 Å². The summed E-state index contributed by atoms with van der Waals surface area (Å²) in [6, 6.07) is 14.2. The molecule has 1 fully saturated rings. The van der Waals surface area contributed by atoms with Crippen LogP contribution in [0.2, 0.25) is 0 Å². The summed E-state index contributed by atoms with van der Waals surface area (Å²) in [7, 11) is 1.90. The summed E-state index contributed by atoms with van der Waals surface area (Å²) in [6.45, 7) is 6.24. The first-order valence-electron chi connectivity index (χ1n) is 13.5. The number of amides is 1. The van der Waals surface area contributed by atoms with Gasteiger partial charge in [0.2, 0.25) is 5.95 Å². The number of carbonyl (C=O) groups excluding carboxylic acids is 1. The van der Waals surface area contributed by atoms with Crippen LogP contribution in [-0.2, 0) is 13.6 Å². The Morgan fingerprint density at radius 2 is 1.93 bits per heavy atom. The number of hydrogen-bond donors (Lipinski definition) is 3. The Morgan fingerprint density at radius 1 is 1.10 bits per heavy atom. The molecule has 10 heteroatoms. The molecular formula is C30H31N9O. The van der Waals surface area contributed by atoms with Crippen LogP contribution in [0.15, 0.2) is 54.9 Å². The smallest absolute Gasteiger partial charge is 0.259 e. The van der Waals surface area contributed by atoms with E-state index < -0.39 is 0 Å². The molecule has 0 aliphatic carbocycles. The number of hydrogen-bond acceptors (Lipinski definition) is 7. The van der Waals surface area contributed by atoms with Gasteiger partial charge in [-0.1, -0.05) is 18.2 Å². The average molecular weight is 534 g/mol. The summed E-state index contributed by atoms with van der Waals surface area (Å²) < 4.78 is 1.81. The maximum atomic E-state index is 13.7. The van der Waals surface area contributed by atoms with E-state index in [0.29, 0.717) is 18.3 Å². The molecule has 202 valence electrons. The second kappa shape index (κ2) is 9.20. The summed E-state index contributed by atoms with van der Waals surface area (Å²) in [5, 5.41) is 8.67. The Bertz CT molecular complexity index is 1770. The fourth-order valence-corrected chi connectivity index (χ4v) is 5.88. The van der Waals surface area contributed by atoms with Crippen molar-refractivity contribution in [1.29, 1.82) is 0 Å². The first kappa shape index (κ1) is 24.3. The van der Waals surface area contributed by atoms with Gasteiger partial charge in [0.15, 0.2) is 5.82 Å². The largest absolute Gasteiger partial charge is 0.370 e. The maximum Gasteiger partial charge on any atom is 0.259 e. The molecule has 5 aromatic rings. The zero-order valence-electron chi connectivity index (χ0n) is 22.8. The van der Waals surface area contributed by atoms with E-state index in [1.807, 2.05) is 68.5 Å². The zero-order chi connectivity index (χ0) is 27.5. The van der Waals surface area contributed by atoms with Crippen LogP contribution in [0.3, 0.4) is 0 Å². The molecule has 3 aromatic heterocycles. The summed E-state index contributed by atoms with van der Waals surface area (Å²) in [4.78, 5) is 30.6. The molecule has 7 rings (SSSR count). The van der Waals surface area contributed by atoms with Crippen molar-refractivity contribution in [3.8, 4) is 11.3 Å². The summed E-state index contributed by atoms with van der Waals surface area (Å²) >= 11 is 0. The van der Waals surface area contributed by atoms with E-state index in [2.05, 4.69) is 37.4 Å². The first-order chi connectivity index (χ1) is 19.4. The highest BCUT2D eigenvalue weighted by Crippen LogP contribution is 2.40. The number of aromatic nitrogens is 5. The van der Waals surface area contributed by atoms with Gasteiger partial charge in [0, 0.05) is 78.1 Å². The third-order valence-electron chi connectivity index (χ3n) is 8.07. The standard InChI is InChI=1S/C30H31N9O/c1-17-13-33-30(34-26-12-18(2)37(3)36-26)35-27(17)22-14-32-28-20(22)6-4-9-25(28)39-16-23-21(29(39)40)7-5-8-24(23)38-11-10-19(31)15-38/h4-9,12-14,19,32H,10-11,15-16,31H2,1-3H3,(H,33,34,35,36)/t19-/m0/s1. The molecule has 40 heavy (non-hydrogen) atoms. The van der Waals surface area contributed by atoms with Crippen LogP contribution in [0.25, 0.3) is 22.2 Å². The molecular weight excluding hydrogens is 502 g/mol. The van der Waals surface area contributed by atoms with Crippen molar-refractivity contribution in [1.82, 2.24) is 24.7 Å². The van der Waals surface area contributed by atoms with Crippen molar-refractivity contribution < 1.29 is 4.79 Å². The number of H-pyrrole nitrogens is 1. The van der Waals surface area contributed by atoms with Crippen molar-refractivity contribution >= 4 is 40.0 Å². The van der Waals surface area contributed by atoms with Gasteiger partial charge in [0.25, 0.3) is 5.91 Å². The Morgan fingerprint density at radius 3 is 2.70 bits per heavy atom. The molecule has 10 nitrogen and oxygen atoms in total. The molecule has 1 saturated heterocycles. The Hall–Kier alpha value is -4.70. The third kappa shape index (κ3) is 3.91. The number of nitrogens with zero attached hydrogens (tertiary/aromatic N) is 6. The number of anilines is 4. The number of nitrogens with two attached hydrogens (primary N) is 1. The minimum atomic E-state index is 0.0133. The highest BCUT2D eigenvalue weighted by atomic mass is 16.2. The SMILES string of the molecule is Cc1cnc(Nc2cc(C)n(C)n2)nc1-c1c[nH]c2c(N3Cc4c(cccc4N4CC[C@H](N)C4)C3=O)cccc12. The number of rotatable bonds is 5. The summed E-state index contributed by atoms with van der Waals surface area (Å²) in [5.41, 5.74) is 14.6. The molecule has 0 spiro atoms. The minimum Gasteiger partial charge on any atom is -0.370 e. The molecule has 2 aromatic carbocycles. The van der Waals surface area contributed by atoms with Gasteiger partial charge in [0.05, 0.1) is 23.4 Å². The average Bonchev–Trinajstić information content (AvgIpc) is 3.72. The van der Waals surface area contributed by atoms with E-state index in [9.17, 15) is 4.79 Å². The van der Waals surface area contributed by atoms with Crippen LogP contribution in [0.5, 0.6) is 0 Å². The van der Waals surface area contributed by atoms with Gasteiger partial charge in [-0.2, -0.15) is 5.10 Å². The van der Waals surface area contributed by atoms with Gasteiger partial charge >= 0.3 is 0 Å². The van der Waals surface area contributed by atoms with E-state index in [0.717, 1.165) is 75.4 Å². The van der Waals surface area contributed by atoms with Crippen LogP contribution in [-0.4, -0.2) is 49.8 Å². The lowest BCUT2D eigenvalue weighted by molar-refractivity contribution is 0.0997. The van der Waals surface area contributed by atoms with Crippen molar-refractivity contribution in [2.75, 3.05) is 28.2 Å². The molecule has 0 bridgehead atoms. The van der Waals surface area contributed by atoms with Crippen LogP contribution in [0.4, 0.5) is 23.1 Å². The molecule has 2 aliphatic heterocycles. The molecule has 1 atom stereocenters. The maximum absolute atomic E-state index is 13.7. The van der Waals surface area contributed by atoms with Crippen molar-refractivity contribution in [3.05, 3.63) is 77.2 Å². The molecule has 0 saturated carbocycles.